The Hall–Kier alpha value is -0.750. The van der Waals surface area contributed by atoms with Gasteiger partial charge < -0.3 is 14.5 Å². The Kier molecular flexibility index (Phi) is 3.78. The first-order valence-corrected chi connectivity index (χ1v) is 9.77. The summed E-state index contributed by atoms with van der Waals surface area (Å²) >= 11 is 2.01. The summed E-state index contributed by atoms with van der Waals surface area (Å²) < 4.78 is 8.15. The maximum absolute atomic E-state index is 5.48. The van der Waals surface area contributed by atoms with Crippen LogP contribution in [0.4, 0.5) is 5.69 Å². The summed E-state index contributed by atoms with van der Waals surface area (Å²) in [5.74, 6) is 0.917. The highest BCUT2D eigenvalue weighted by Crippen LogP contribution is 2.43. The minimum atomic E-state index is 0.752. The molecule has 23 heavy (non-hydrogen) atoms. The zero-order valence-electron chi connectivity index (χ0n) is 13.6. The van der Waals surface area contributed by atoms with Crippen LogP contribution in [-0.2, 0) is 11.3 Å². The molecule has 0 N–H and O–H groups in total. The molecule has 0 amide bonds. The van der Waals surface area contributed by atoms with Crippen molar-refractivity contribution in [2.45, 2.75) is 30.3 Å². The van der Waals surface area contributed by atoms with E-state index in [4.69, 9.17) is 4.74 Å². The molecule has 5 aliphatic heterocycles. The second-order valence-electron chi connectivity index (χ2n) is 7.26. The number of fused-ring (bicyclic) bond motifs is 4. The Morgan fingerprint density at radius 1 is 1.04 bits per heavy atom. The third kappa shape index (κ3) is 2.68. The number of hydrogen-bond donors (Lipinski definition) is 0. The van der Waals surface area contributed by atoms with Crippen molar-refractivity contribution < 1.29 is 4.74 Å². The maximum Gasteiger partial charge on any atom is 0.0642 e. The van der Waals surface area contributed by atoms with Crippen LogP contribution in [0.2, 0.25) is 0 Å². The lowest BCUT2D eigenvalue weighted by atomic mass is 9.84. The molecular weight excluding hydrogens is 306 g/mol. The standard InChI is InChI=1S/C18H25N3OS/c1-2-16(20-7-9-22-10-8-20)11-18-15(1)12-21(23-18)17-13-19-5-3-14(17)4-6-19/h1-2,11,14,17H,3-10,12-13H2/t17-/m1/s1. The van der Waals surface area contributed by atoms with Crippen LogP contribution in [0.25, 0.3) is 0 Å². The molecule has 4 fully saturated rings. The van der Waals surface area contributed by atoms with E-state index in [1.807, 2.05) is 11.9 Å². The van der Waals surface area contributed by atoms with Gasteiger partial charge >= 0.3 is 0 Å². The van der Waals surface area contributed by atoms with Gasteiger partial charge in [0.2, 0.25) is 0 Å². The number of hydrogen-bond acceptors (Lipinski definition) is 5. The van der Waals surface area contributed by atoms with Crippen molar-refractivity contribution in [3.63, 3.8) is 0 Å². The predicted molar refractivity (Wildman–Crippen MR) is 93.8 cm³/mol. The molecule has 1 aromatic rings. The molecule has 0 aliphatic carbocycles. The molecule has 5 heteroatoms. The molecule has 0 unspecified atom stereocenters. The van der Waals surface area contributed by atoms with Crippen LogP contribution in [0, 0.1) is 5.92 Å². The molecule has 4 nitrogen and oxygen atoms in total. The normalized spacial score (nSPS) is 33.9. The lowest BCUT2D eigenvalue weighted by molar-refractivity contribution is 0.0420. The van der Waals surface area contributed by atoms with E-state index in [-0.39, 0.29) is 0 Å². The van der Waals surface area contributed by atoms with E-state index in [0.717, 1.165) is 44.8 Å². The first kappa shape index (κ1) is 14.6. The van der Waals surface area contributed by atoms with E-state index in [1.165, 1.54) is 48.6 Å². The molecule has 5 aliphatic rings. The van der Waals surface area contributed by atoms with E-state index in [0.29, 0.717) is 0 Å². The molecular formula is C18H25N3OS. The van der Waals surface area contributed by atoms with Crippen molar-refractivity contribution in [3.05, 3.63) is 23.8 Å². The van der Waals surface area contributed by atoms with E-state index < -0.39 is 0 Å². The van der Waals surface area contributed by atoms with Crippen LogP contribution in [0.1, 0.15) is 18.4 Å². The smallest absolute Gasteiger partial charge is 0.0642 e. The Bertz CT molecular complexity index is 582. The number of benzene rings is 1. The fourth-order valence-electron chi connectivity index (χ4n) is 4.55. The topological polar surface area (TPSA) is 19.0 Å². The average Bonchev–Trinajstić information content (AvgIpc) is 3.06. The Labute approximate surface area is 142 Å². The van der Waals surface area contributed by atoms with Crippen molar-refractivity contribution in [1.82, 2.24) is 9.21 Å². The first-order chi connectivity index (χ1) is 11.4. The van der Waals surface area contributed by atoms with Gasteiger partial charge in [-0.1, -0.05) is 6.07 Å². The second kappa shape index (κ2) is 5.96. The van der Waals surface area contributed by atoms with Gasteiger partial charge in [0.15, 0.2) is 0 Å². The van der Waals surface area contributed by atoms with E-state index in [9.17, 15) is 0 Å². The molecule has 2 bridgehead atoms. The van der Waals surface area contributed by atoms with Gasteiger partial charge in [0.1, 0.15) is 0 Å². The van der Waals surface area contributed by atoms with Crippen molar-refractivity contribution in [2.24, 2.45) is 5.92 Å². The van der Waals surface area contributed by atoms with Gasteiger partial charge in [-0.3, -0.25) is 0 Å². The van der Waals surface area contributed by atoms with Gasteiger partial charge in [-0.2, -0.15) is 0 Å². The monoisotopic (exact) mass is 331 g/mol. The quantitative estimate of drug-likeness (QED) is 0.773. The number of nitrogens with zero attached hydrogens (tertiary/aromatic N) is 3. The minimum absolute atomic E-state index is 0.752. The summed E-state index contributed by atoms with van der Waals surface area (Å²) in [5.41, 5.74) is 2.89. The van der Waals surface area contributed by atoms with Crippen molar-refractivity contribution in [2.75, 3.05) is 50.8 Å². The summed E-state index contributed by atoms with van der Waals surface area (Å²) in [6, 6.07) is 7.83. The molecule has 4 saturated heterocycles. The number of rotatable bonds is 2. The lowest BCUT2D eigenvalue weighted by Gasteiger charge is -2.47. The fourth-order valence-corrected chi connectivity index (χ4v) is 5.80. The van der Waals surface area contributed by atoms with Crippen LogP contribution in [-0.4, -0.2) is 61.2 Å². The van der Waals surface area contributed by atoms with Gasteiger partial charge in [0.25, 0.3) is 0 Å². The largest absolute Gasteiger partial charge is 0.378 e. The second-order valence-corrected chi connectivity index (χ2v) is 8.35. The number of morpholine rings is 1. The number of anilines is 1. The fraction of sp³-hybridized carbons (Fsp3) is 0.667. The van der Waals surface area contributed by atoms with Gasteiger partial charge in [-0.15, -0.1) is 0 Å². The third-order valence-electron chi connectivity index (χ3n) is 5.96. The zero-order valence-corrected chi connectivity index (χ0v) is 14.4. The van der Waals surface area contributed by atoms with E-state index in [2.05, 4.69) is 32.3 Å². The molecule has 0 saturated carbocycles. The predicted octanol–water partition coefficient (Wildman–Crippen LogP) is 2.44. The molecule has 6 rings (SSSR count). The lowest BCUT2D eigenvalue weighted by Crippen LogP contribution is -2.54. The molecule has 1 atom stereocenters. The van der Waals surface area contributed by atoms with Gasteiger partial charge in [0.05, 0.1) is 13.2 Å². The maximum atomic E-state index is 5.48. The molecule has 124 valence electrons. The van der Waals surface area contributed by atoms with Gasteiger partial charge in [0, 0.05) is 42.8 Å². The van der Waals surface area contributed by atoms with Crippen LogP contribution < -0.4 is 4.90 Å². The molecule has 5 heterocycles. The third-order valence-corrected chi connectivity index (χ3v) is 7.17. The summed E-state index contributed by atoms with van der Waals surface area (Å²) in [7, 11) is 0. The van der Waals surface area contributed by atoms with Crippen LogP contribution in [0.5, 0.6) is 0 Å². The van der Waals surface area contributed by atoms with E-state index >= 15 is 0 Å². The Balaban J connectivity index is 1.33. The van der Waals surface area contributed by atoms with Crippen LogP contribution >= 0.6 is 11.9 Å². The summed E-state index contributed by atoms with van der Waals surface area (Å²) in [5, 5.41) is 0. The molecule has 1 aromatic carbocycles. The highest BCUT2D eigenvalue weighted by molar-refractivity contribution is 7.97. The van der Waals surface area contributed by atoms with Gasteiger partial charge in [-0.05, 0) is 61.5 Å². The highest BCUT2D eigenvalue weighted by atomic mass is 32.2. The summed E-state index contributed by atoms with van der Waals surface area (Å²) in [4.78, 5) is 6.60. The van der Waals surface area contributed by atoms with E-state index in [1.54, 1.807) is 0 Å². The van der Waals surface area contributed by atoms with Crippen molar-refractivity contribution >= 4 is 17.6 Å². The highest BCUT2D eigenvalue weighted by Gasteiger charge is 2.39. The Morgan fingerprint density at radius 2 is 1.87 bits per heavy atom. The molecule has 0 radical (unpaired) electrons. The van der Waals surface area contributed by atoms with Crippen molar-refractivity contribution in [3.8, 4) is 0 Å². The van der Waals surface area contributed by atoms with Crippen LogP contribution in [0.3, 0.4) is 0 Å². The number of ether oxygens (including phenoxy) is 1. The zero-order chi connectivity index (χ0) is 15.2. The van der Waals surface area contributed by atoms with Crippen molar-refractivity contribution in [1.29, 1.82) is 0 Å². The Morgan fingerprint density at radius 3 is 2.61 bits per heavy atom. The average molecular weight is 331 g/mol. The minimum Gasteiger partial charge on any atom is -0.378 e. The number of piperidine rings is 3. The van der Waals surface area contributed by atoms with Gasteiger partial charge in [-0.25, -0.2) is 4.31 Å². The summed E-state index contributed by atoms with van der Waals surface area (Å²) in [6.07, 6.45) is 2.80. The van der Waals surface area contributed by atoms with Crippen LogP contribution in [0.15, 0.2) is 23.1 Å². The summed E-state index contributed by atoms with van der Waals surface area (Å²) in [6.45, 7) is 8.81. The molecule has 0 spiro atoms. The molecule has 0 aromatic heterocycles. The first-order valence-electron chi connectivity index (χ1n) is 8.99. The SMILES string of the molecule is c1cc2c(cc1N1CCOCC1)SN([C@@H]1CN3CCC1CC3)C2.